The van der Waals surface area contributed by atoms with Crippen LogP contribution in [0.4, 0.5) is 11.6 Å². The van der Waals surface area contributed by atoms with E-state index >= 15 is 0 Å². The van der Waals surface area contributed by atoms with E-state index in [-0.39, 0.29) is 34.1 Å². The molecule has 200 valence electrons. The van der Waals surface area contributed by atoms with Crippen molar-refractivity contribution in [1.29, 1.82) is 0 Å². The first-order valence-electron chi connectivity index (χ1n) is 11.8. The van der Waals surface area contributed by atoms with E-state index in [0.717, 1.165) is 12.8 Å². The molecular formula is C24H39N7O4S. The minimum absolute atomic E-state index is 0. The van der Waals surface area contributed by atoms with Crippen LogP contribution in [0.15, 0.2) is 47.6 Å². The number of amides is 1. The van der Waals surface area contributed by atoms with E-state index in [2.05, 4.69) is 42.5 Å². The van der Waals surface area contributed by atoms with Crippen LogP contribution in [0.2, 0.25) is 0 Å². The van der Waals surface area contributed by atoms with Gasteiger partial charge in [0.25, 0.3) is 15.9 Å². The molecular weight excluding hydrogens is 482 g/mol. The molecule has 3 N–H and O–H groups in total. The Kier molecular flexibility index (Phi) is 7.16. The van der Waals surface area contributed by atoms with Crippen molar-refractivity contribution in [1.82, 2.24) is 24.5 Å². The number of aromatic nitrogens is 4. The third-order valence-electron chi connectivity index (χ3n) is 5.98. The van der Waals surface area contributed by atoms with Gasteiger partial charge in [-0.15, -0.1) is 5.10 Å². The van der Waals surface area contributed by atoms with Crippen molar-refractivity contribution in [3.05, 3.63) is 48.3 Å². The second-order valence-corrected chi connectivity index (χ2v) is 11.0. The number of carbonyl (C=O) groups is 1. The van der Waals surface area contributed by atoms with Gasteiger partial charge in [0, 0.05) is 36.3 Å². The SMILES string of the molecule is CC(C)COc1ccn(-c2ccc(C(=O)NS(=O)(=O)c3cccnc3N)c(N3[C@H](C)CC[C@@H]3C)n2)n1.[HH].[HH].[HH].[HH]. The Morgan fingerprint density at radius 1 is 1.22 bits per heavy atom. The van der Waals surface area contributed by atoms with Gasteiger partial charge in [-0.1, -0.05) is 13.8 Å². The Morgan fingerprint density at radius 2 is 1.94 bits per heavy atom. The zero-order valence-electron chi connectivity index (χ0n) is 20.7. The van der Waals surface area contributed by atoms with Crippen molar-refractivity contribution < 1.29 is 23.7 Å². The lowest BCUT2D eigenvalue weighted by molar-refractivity contribution is 0.0981. The monoisotopic (exact) mass is 521 g/mol. The molecule has 4 rings (SSSR count). The maximum Gasteiger partial charge on any atom is 0.268 e. The average Bonchev–Trinajstić information content (AvgIpc) is 3.43. The van der Waals surface area contributed by atoms with E-state index in [4.69, 9.17) is 15.5 Å². The molecule has 0 radical (unpaired) electrons. The minimum atomic E-state index is -4.25. The molecule has 0 aliphatic carbocycles. The van der Waals surface area contributed by atoms with Crippen LogP contribution < -0.4 is 20.1 Å². The summed E-state index contributed by atoms with van der Waals surface area (Å²) in [4.78, 5) is 23.6. The second-order valence-electron chi connectivity index (χ2n) is 9.35. The summed E-state index contributed by atoms with van der Waals surface area (Å²) in [5, 5.41) is 4.44. The van der Waals surface area contributed by atoms with Gasteiger partial charge in [0.15, 0.2) is 5.82 Å². The first kappa shape index (κ1) is 25.4. The summed E-state index contributed by atoms with van der Waals surface area (Å²) >= 11 is 0. The molecule has 0 unspecified atom stereocenters. The Labute approximate surface area is 216 Å². The van der Waals surface area contributed by atoms with Crippen LogP contribution >= 0.6 is 0 Å². The van der Waals surface area contributed by atoms with Gasteiger partial charge in [0.05, 0.1) is 12.2 Å². The van der Waals surface area contributed by atoms with Crippen LogP contribution in [0.25, 0.3) is 5.82 Å². The molecule has 3 aromatic rings. The number of nitrogen functional groups attached to an aromatic ring is 1. The molecule has 36 heavy (non-hydrogen) atoms. The highest BCUT2D eigenvalue weighted by atomic mass is 32.2. The van der Waals surface area contributed by atoms with Crippen molar-refractivity contribution in [2.24, 2.45) is 5.92 Å². The molecule has 0 saturated carbocycles. The average molecular weight is 522 g/mol. The molecule has 2 atom stereocenters. The molecule has 1 saturated heterocycles. The third-order valence-corrected chi connectivity index (χ3v) is 7.36. The predicted octanol–water partition coefficient (Wildman–Crippen LogP) is 3.76. The summed E-state index contributed by atoms with van der Waals surface area (Å²) in [5.41, 5.74) is 5.86. The van der Waals surface area contributed by atoms with Crippen LogP contribution in [0.3, 0.4) is 0 Å². The van der Waals surface area contributed by atoms with Crippen LogP contribution in [0, 0.1) is 5.92 Å². The number of sulfonamides is 1. The number of ether oxygens (including phenoxy) is 1. The fraction of sp³-hybridized carbons (Fsp3) is 0.417. The maximum absolute atomic E-state index is 13.3. The van der Waals surface area contributed by atoms with Gasteiger partial charge in [-0.25, -0.2) is 27.8 Å². The van der Waals surface area contributed by atoms with Crippen molar-refractivity contribution in [2.75, 3.05) is 17.2 Å². The van der Waals surface area contributed by atoms with Gasteiger partial charge in [-0.05, 0) is 56.9 Å². The van der Waals surface area contributed by atoms with Gasteiger partial charge in [0.1, 0.15) is 16.5 Å². The number of anilines is 2. The summed E-state index contributed by atoms with van der Waals surface area (Å²) < 4.78 is 35.1. The molecule has 0 bridgehead atoms. The number of nitrogens with zero attached hydrogens (tertiary/aromatic N) is 5. The molecule has 0 aromatic carbocycles. The van der Waals surface area contributed by atoms with Gasteiger partial charge in [0.2, 0.25) is 5.88 Å². The Balaban J connectivity index is 0.00000380. The standard InChI is InChI=1S/C24H31N7O4S.4H2/c1-15(2)14-35-21-11-13-30(28-21)20-10-9-18(23(27-20)31-16(3)7-8-17(31)4)24(32)29-36(33,34)19-6-5-12-26-22(19)25;;;;/h5-6,9-13,15-17H,7-8,14H2,1-4H3,(H2,25,26)(H,29,32);4*1H/t16-,17+;;;;. The molecule has 1 amide bonds. The summed E-state index contributed by atoms with van der Waals surface area (Å²) in [6, 6.07) is 7.88. The topological polar surface area (TPSA) is 145 Å². The van der Waals surface area contributed by atoms with E-state index in [1.54, 1.807) is 29.1 Å². The third kappa shape index (κ3) is 5.27. The first-order valence-corrected chi connectivity index (χ1v) is 13.3. The molecule has 12 heteroatoms. The summed E-state index contributed by atoms with van der Waals surface area (Å²) in [5.74, 6) is 0.692. The molecule has 1 fully saturated rings. The van der Waals surface area contributed by atoms with Crippen LogP contribution in [0.1, 0.15) is 56.6 Å². The highest BCUT2D eigenvalue weighted by molar-refractivity contribution is 7.90. The fourth-order valence-electron chi connectivity index (χ4n) is 4.18. The first-order chi connectivity index (χ1) is 17.1. The molecule has 1 aliphatic heterocycles. The van der Waals surface area contributed by atoms with E-state index < -0.39 is 15.9 Å². The van der Waals surface area contributed by atoms with Crippen molar-refractivity contribution in [3.63, 3.8) is 0 Å². The quantitative estimate of drug-likeness (QED) is 0.452. The molecule has 4 heterocycles. The van der Waals surface area contributed by atoms with Crippen molar-refractivity contribution in [3.8, 4) is 11.7 Å². The number of nitrogens with two attached hydrogens (primary N) is 1. The highest BCUT2D eigenvalue weighted by Gasteiger charge is 2.33. The van der Waals surface area contributed by atoms with E-state index in [1.165, 1.54) is 18.3 Å². The van der Waals surface area contributed by atoms with Crippen molar-refractivity contribution >= 4 is 27.6 Å². The molecule has 1 aliphatic rings. The highest BCUT2D eigenvalue weighted by Crippen LogP contribution is 2.32. The summed E-state index contributed by atoms with van der Waals surface area (Å²) in [6.07, 6.45) is 4.96. The lowest BCUT2D eigenvalue weighted by Gasteiger charge is -2.29. The molecule has 3 aromatic heterocycles. The minimum Gasteiger partial charge on any atom is -0.476 e. The normalized spacial score (nSPS) is 18.0. The summed E-state index contributed by atoms with van der Waals surface area (Å²) in [6.45, 7) is 8.75. The maximum atomic E-state index is 13.3. The number of hydrogen-bond acceptors (Lipinski definition) is 9. The number of rotatable bonds is 8. The smallest absolute Gasteiger partial charge is 0.268 e. The molecule has 11 nitrogen and oxygen atoms in total. The Bertz CT molecular complexity index is 1360. The lowest BCUT2D eigenvalue weighted by Crippen LogP contribution is -2.37. The lowest BCUT2D eigenvalue weighted by atomic mass is 10.2. The zero-order chi connectivity index (χ0) is 26.0. The Hall–Kier alpha value is -3.67. The van der Waals surface area contributed by atoms with Crippen LogP contribution in [0.5, 0.6) is 5.88 Å². The van der Waals surface area contributed by atoms with E-state index in [9.17, 15) is 13.2 Å². The Morgan fingerprint density at radius 3 is 2.61 bits per heavy atom. The summed E-state index contributed by atoms with van der Waals surface area (Å²) in [7, 11) is -4.25. The largest absolute Gasteiger partial charge is 0.476 e. The number of nitrogens with one attached hydrogen (secondary N) is 1. The van der Waals surface area contributed by atoms with Gasteiger partial charge in [-0.3, -0.25) is 4.79 Å². The van der Waals surface area contributed by atoms with E-state index in [0.29, 0.717) is 30.0 Å². The number of pyridine rings is 2. The van der Waals surface area contributed by atoms with Crippen molar-refractivity contribution in [2.45, 2.75) is 57.5 Å². The van der Waals surface area contributed by atoms with Crippen LogP contribution in [-0.2, 0) is 10.0 Å². The second kappa shape index (κ2) is 10.1. The van der Waals surface area contributed by atoms with E-state index in [1.807, 2.05) is 4.90 Å². The number of carbonyl (C=O) groups excluding carboxylic acids is 1. The zero-order valence-corrected chi connectivity index (χ0v) is 21.6. The number of hydrogen-bond donors (Lipinski definition) is 2. The van der Waals surface area contributed by atoms with Gasteiger partial charge in [-0.2, -0.15) is 0 Å². The predicted molar refractivity (Wildman–Crippen MR) is 144 cm³/mol. The fourth-order valence-corrected chi connectivity index (χ4v) is 5.23. The van der Waals surface area contributed by atoms with Gasteiger partial charge >= 0.3 is 0 Å². The molecule has 0 spiro atoms. The van der Waals surface area contributed by atoms with Crippen LogP contribution in [-0.4, -0.2) is 52.8 Å². The van der Waals surface area contributed by atoms with Gasteiger partial charge < -0.3 is 15.4 Å².